The quantitative estimate of drug-likeness (QED) is 0.892. The van der Waals surface area contributed by atoms with Gasteiger partial charge in [-0.05, 0) is 24.0 Å². The molecule has 2 N–H and O–H groups in total. The number of hydrogen-bond donors (Lipinski definition) is 2. The van der Waals surface area contributed by atoms with Crippen LogP contribution in [-0.2, 0) is 4.74 Å². The molecule has 2 rings (SSSR count). The molecule has 0 saturated carbocycles. The van der Waals surface area contributed by atoms with E-state index in [-0.39, 0.29) is 17.6 Å². The summed E-state index contributed by atoms with van der Waals surface area (Å²) in [6.07, 6.45) is 4.49. The van der Waals surface area contributed by atoms with Gasteiger partial charge in [0.1, 0.15) is 0 Å². The number of nitrogens with one attached hydrogen (secondary N) is 2. The number of amides is 2. The van der Waals surface area contributed by atoms with Crippen LogP contribution in [0, 0.1) is 11.3 Å². The zero-order valence-corrected chi connectivity index (χ0v) is 12.3. The Morgan fingerprint density at radius 1 is 1.50 bits per heavy atom. The fourth-order valence-corrected chi connectivity index (χ4v) is 2.64. The average Bonchev–Trinajstić information content (AvgIpc) is 2.86. The van der Waals surface area contributed by atoms with Crippen LogP contribution >= 0.6 is 0 Å². The van der Waals surface area contributed by atoms with Crippen LogP contribution in [0.2, 0.25) is 0 Å². The Labute approximate surface area is 120 Å². The lowest BCUT2D eigenvalue weighted by Crippen LogP contribution is -2.40. The van der Waals surface area contributed by atoms with Gasteiger partial charge in [0, 0.05) is 25.3 Å². The number of aromatic nitrogens is 1. The van der Waals surface area contributed by atoms with Crippen molar-refractivity contribution in [2.24, 2.45) is 11.3 Å². The molecule has 0 radical (unpaired) electrons. The number of anilines is 1. The van der Waals surface area contributed by atoms with E-state index in [9.17, 15) is 4.79 Å². The number of urea groups is 1. The number of nitrogens with zero attached hydrogens (tertiary/aromatic N) is 1. The van der Waals surface area contributed by atoms with Crippen LogP contribution in [0.25, 0.3) is 0 Å². The van der Waals surface area contributed by atoms with E-state index in [0.717, 1.165) is 13.0 Å². The highest BCUT2D eigenvalue weighted by atomic mass is 16.5. The number of ether oxygens (including phenoxy) is 1. The summed E-state index contributed by atoms with van der Waals surface area (Å²) in [5, 5.41) is 5.68. The lowest BCUT2D eigenvalue weighted by atomic mass is 9.81. The minimum Gasteiger partial charge on any atom is -0.377 e. The molecule has 0 spiro atoms. The maximum Gasteiger partial charge on any atom is 0.319 e. The summed E-state index contributed by atoms with van der Waals surface area (Å²) in [4.78, 5) is 15.8. The first kappa shape index (κ1) is 14.8. The Morgan fingerprint density at radius 2 is 2.30 bits per heavy atom. The van der Waals surface area contributed by atoms with E-state index in [1.807, 2.05) is 6.07 Å². The van der Waals surface area contributed by atoms with Gasteiger partial charge < -0.3 is 15.4 Å². The molecule has 1 aliphatic heterocycles. The first-order chi connectivity index (χ1) is 9.47. The van der Waals surface area contributed by atoms with Gasteiger partial charge in [0.2, 0.25) is 0 Å². The van der Waals surface area contributed by atoms with Crippen molar-refractivity contribution in [3.05, 3.63) is 24.5 Å². The van der Waals surface area contributed by atoms with Crippen LogP contribution < -0.4 is 10.6 Å². The van der Waals surface area contributed by atoms with Crippen molar-refractivity contribution >= 4 is 11.7 Å². The Bertz CT molecular complexity index is 442. The molecule has 2 heterocycles. The third-order valence-corrected chi connectivity index (χ3v) is 3.51. The smallest absolute Gasteiger partial charge is 0.319 e. The van der Waals surface area contributed by atoms with Gasteiger partial charge >= 0.3 is 6.03 Å². The van der Waals surface area contributed by atoms with Gasteiger partial charge in [-0.1, -0.05) is 20.8 Å². The molecule has 5 heteroatoms. The summed E-state index contributed by atoms with van der Waals surface area (Å²) in [5.41, 5.74) is 0.794. The molecule has 0 aromatic carbocycles. The summed E-state index contributed by atoms with van der Waals surface area (Å²) in [6, 6.07) is 3.40. The van der Waals surface area contributed by atoms with E-state index < -0.39 is 0 Å². The number of carbonyl (C=O) groups excluding carboxylic acids is 1. The summed E-state index contributed by atoms with van der Waals surface area (Å²) < 4.78 is 5.80. The topological polar surface area (TPSA) is 63.2 Å². The number of hydrogen-bond acceptors (Lipinski definition) is 3. The van der Waals surface area contributed by atoms with E-state index in [2.05, 4.69) is 36.4 Å². The minimum absolute atomic E-state index is 0.0999. The highest BCUT2D eigenvalue weighted by Crippen LogP contribution is 2.34. The maximum atomic E-state index is 11.8. The number of carbonyl (C=O) groups is 1. The molecule has 20 heavy (non-hydrogen) atoms. The molecule has 0 unspecified atom stereocenters. The van der Waals surface area contributed by atoms with Gasteiger partial charge in [0.15, 0.2) is 0 Å². The first-order valence-corrected chi connectivity index (χ1v) is 7.03. The third kappa shape index (κ3) is 3.93. The van der Waals surface area contributed by atoms with E-state index in [0.29, 0.717) is 18.2 Å². The van der Waals surface area contributed by atoms with Crippen LogP contribution in [0.5, 0.6) is 0 Å². The van der Waals surface area contributed by atoms with Crippen molar-refractivity contribution in [1.82, 2.24) is 10.3 Å². The maximum absolute atomic E-state index is 11.8. The Morgan fingerprint density at radius 3 is 2.95 bits per heavy atom. The molecule has 1 fully saturated rings. The van der Waals surface area contributed by atoms with Crippen molar-refractivity contribution in [3.63, 3.8) is 0 Å². The Hall–Kier alpha value is -1.62. The van der Waals surface area contributed by atoms with Gasteiger partial charge in [-0.3, -0.25) is 4.98 Å². The molecule has 110 valence electrons. The van der Waals surface area contributed by atoms with Gasteiger partial charge in [-0.15, -0.1) is 0 Å². The molecular formula is C15H23N3O2. The van der Waals surface area contributed by atoms with E-state index >= 15 is 0 Å². The van der Waals surface area contributed by atoms with E-state index in [4.69, 9.17) is 4.74 Å². The number of rotatable bonds is 3. The predicted molar refractivity (Wildman–Crippen MR) is 78.6 cm³/mol. The first-order valence-electron chi connectivity index (χ1n) is 7.03. The van der Waals surface area contributed by atoms with Crippen LogP contribution in [0.3, 0.4) is 0 Å². The molecule has 1 saturated heterocycles. The van der Waals surface area contributed by atoms with Gasteiger partial charge in [-0.2, -0.15) is 0 Å². The summed E-state index contributed by atoms with van der Waals surface area (Å²) >= 11 is 0. The van der Waals surface area contributed by atoms with Crippen molar-refractivity contribution in [2.75, 3.05) is 18.5 Å². The second-order valence-electron chi connectivity index (χ2n) is 6.28. The van der Waals surface area contributed by atoms with Gasteiger partial charge in [0.05, 0.1) is 18.0 Å². The van der Waals surface area contributed by atoms with Crippen LogP contribution in [-0.4, -0.2) is 30.3 Å². The van der Waals surface area contributed by atoms with Gasteiger partial charge in [-0.25, -0.2) is 4.79 Å². The van der Waals surface area contributed by atoms with Crippen LogP contribution in [0.15, 0.2) is 24.5 Å². The van der Waals surface area contributed by atoms with Crippen molar-refractivity contribution in [1.29, 1.82) is 0 Å². The molecule has 1 aromatic rings. The molecular weight excluding hydrogens is 254 g/mol. The number of pyridine rings is 1. The van der Waals surface area contributed by atoms with Crippen LogP contribution in [0.4, 0.5) is 10.5 Å². The SMILES string of the molecule is CC(C)(C)[C@H]1OCC[C@@H]1CNC(=O)Nc1cccnc1. The van der Waals surface area contributed by atoms with E-state index in [1.54, 1.807) is 18.5 Å². The lowest BCUT2D eigenvalue weighted by Gasteiger charge is -2.31. The fraction of sp³-hybridized carbons (Fsp3) is 0.600. The third-order valence-electron chi connectivity index (χ3n) is 3.51. The normalized spacial score (nSPS) is 22.6. The molecule has 2 amide bonds. The Balaban J connectivity index is 1.81. The second kappa shape index (κ2) is 6.22. The highest BCUT2D eigenvalue weighted by molar-refractivity contribution is 5.88. The average molecular weight is 277 g/mol. The zero-order chi connectivity index (χ0) is 14.6. The lowest BCUT2D eigenvalue weighted by molar-refractivity contribution is 0.00782. The highest BCUT2D eigenvalue weighted by Gasteiger charge is 2.37. The molecule has 2 atom stereocenters. The van der Waals surface area contributed by atoms with Crippen molar-refractivity contribution in [3.8, 4) is 0 Å². The van der Waals surface area contributed by atoms with Crippen LogP contribution in [0.1, 0.15) is 27.2 Å². The molecule has 1 aliphatic rings. The summed E-state index contributed by atoms with van der Waals surface area (Å²) in [5.74, 6) is 0.370. The predicted octanol–water partition coefficient (Wildman–Crippen LogP) is 2.65. The van der Waals surface area contributed by atoms with Gasteiger partial charge in [0.25, 0.3) is 0 Å². The van der Waals surface area contributed by atoms with Crippen molar-refractivity contribution in [2.45, 2.75) is 33.3 Å². The summed E-state index contributed by atoms with van der Waals surface area (Å²) in [7, 11) is 0. The molecule has 0 bridgehead atoms. The standard InChI is InChI=1S/C15H23N3O2/c1-15(2,3)13-11(6-8-20-13)9-17-14(19)18-12-5-4-7-16-10-12/h4-5,7,10-11,13H,6,8-9H2,1-3H3,(H2,17,18,19)/t11-,13+/m1/s1. The summed E-state index contributed by atoms with van der Waals surface area (Å²) in [6.45, 7) is 7.93. The van der Waals surface area contributed by atoms with Crippen molar-refractivity contribution < 1.29 is 9.53 Å². The Kier molecular flexibility index (Phi) is 4.60. The zero-order valence-electron chi connectivity index (χ0n) is 12.3. The molecule has 0 aliphatic carbocycles. The largest absolute Gasteiger partial charge is 0.377 e. The monoisotopic (exact) mass is 277 g/mol. The van der Waals surface area contributed by atoms with E-state index in [1.165, 1.54) is 0 Å². The second-order valence-corrected chi connectivity index (χ2v) is 6.28. The fourth-order valence-electron chi connectivity index (χ4n) is 2.64. The minimum atomic E-state index is -0.197. The molecule has 1 aromatic heterocycles. The molecule has 5 nitrogen and oxygen atoms in total.